The summed E-state index contributed by atoms with van der Waals surface area (Å²) in [5.74, 6) is 3.07. The first-order valence-electron chi connectivity index (χ1n) is 20.4. The van der Waals surface area contributed by atoms with Gasteiger partial charge in [-0.05, 0) is 91.1 Å². The van der Waals surface area contributed by atoms with Crippen molar-refractivity contribution in [2.75, 3.05) is 27.3 Å². The van der Waals surface area contributed by atoms with Crippen molar-refractivity contribution in [3.05, 3.63) is 72.4 Å². The van der Waals surface area contributed by atoms with Gasteiger partial charge < -0.3 is 49.3 Å². The number of rotatable bonds is 10. The Bertz CT molecular complexity index is 2440. The minimum Gasteiger partial charge on any atom is -0.453 e. The standard InChI is InChI=1S/C44H50N8O8/c1-23(2)37(49-43(55)57-5)41(53)51-17-7-9-31(51)39-45-22-30(48-39)27-13-16-34-36(21-27)60-35-20-26(12-15-33(35)59-34)25-11-14-28-29(19-25)47-40(46-28)32-10-8-18-52(32)42(54)38(24(3)4)50-44(56)58-6/h11-16,19-24,31-32,37-38H,7-10,17-18H2,1-6H3,(H,45,48)(H,46,47)(H,49,55)(H,50,56)/t31-,32-,37-,38-/m0/s1. The number of aromatic amines is 2. The van der Waals surface area contributed by atoms with Gasteiger partial charge in [0.2, 0.25) is 11.8 Å². The molecule has 0 aliphatic carbocycles. The average Bonchev–Trinajstić information content (AvgIpc) is 4.09. The number of carbonyl (C=O) groups is 4. The van der Waals surface area contributed by atoms with E-state index in [-0.39, 0.29) is 35.7 Å². The number of H-pyrrole nitrogens is 2. The molecule has 3 aliphatic heterocycles. The van der Waals surface area contributed by atoms with E-state index in [4.69, 9.17) is 23.9 Å². The number of nitrogens with one attached hydrogen (secondary N) is 4. The van der Waals surface area contributed by atoms with Gasteiger partial charge in [0.05, 0.1) is 49.2 Å². The van der Waals surface area contributed by atoms with Crippen LogP contribution in [-0.4, -0.2) is 93.1 Å². The van der Waals surface area contributed by atoms with Gasteiger partial charge in [-0.25, -0.2) is 19.6 Å². The molecule has 3 aromatic carbocycles. The molecule has 60 heavy (non-hydrogen) atoms. The lowest BCUT2D eigenvalue weighted by Gasteiger charge is -2.30. The van der Waals surface area contributed by atoms with Crippen molar-refractivity contribution >= 4 is 35.0 Å². The Morgan fingerprint density at radius 1 is 0.683 bits per heavy atom. The molecule has 0 spiro atoms. The Morgan fingerprint density at radius 2 is 1.20 bits per heavy atom. The molecule has 0 bridgehead atoms. The largest absolute Gasteiger partial charge is 0.453 e. The summed E-state index contributed by atoms with van der Waals surface area (Å²) < 4.78 is 22.3. The molecule has 3 aliphatic rings. The molecule has 2 fully saturated rings. The van der Waals surface area contributed by atoms with Crippen LogP contribution in [0.25, 0.3) is 33.4 Å². The molecule has 2 saturated heterocycles. The van der Waals surface area contributed by atoms with Crippen LogP contribution in [0.2, 0.25) is 0 Å². The van der Waals surface area contributed by atoms with Crippen molar-refractivity contribution in [3.8, 4) is 45.4 Å². The fraction of sp³-hybridized carbons (Fsp3) is 0.409. The first-order chi connectivity index (χ1) is 28.9. The fourth-order valence-corrected chi connectivity index (χ4v) is 8.33. The van der Waals surface area contributed by atoms with Gasteiger partial charge in [-0.2, -0.15) is 0 Å². The van der Waals surface area contributed by atoms with Crippen molar-refractivity contribution in [1.82, 2.24) is 40.4 Å². The zero-order valence-corrected chi connectivity index (χ0v) is 34.5. The molecule has 4 atom stereocenters. The molecule has 5 aromatic rings. The molecule has 16 nitrogen and oxygen atoms in total. The minimum atomic E-state index is -0.718. The summed E-state index contributed by atoms with van der Waals surface area (Å²) in [6.07, 6.45) is 3.62. The lowest BCUT2D eigenvalue weighted by atomic mass is 10.0. The van der Waals surface area contributed by atoms with Crippen LogP contribution in [-0.2, 0) is 19.1 Å². The first-order valence-corrected chi connectivity index (χ1v) is 20.4. The molecule has 8 rings (SSSR count). The molecule has 16 heteroatoms. The molecule has 5 heterocycles. The molecule has 4 N–H and O–H groups in total. The number of imidazole rings is 2. The Hall–Kier alpha value is -6.58. The highest BCUT2D eigenvalue weighted by Crippen LogP contribution is 2.48. The van der Waals surface area contributed by atoms with Crippen LogP contribution in [0.15, 0.2) is 60.8 Å². The summed E-state index contributed by atoms with van der Waals surface area (Å²) in [4.78, 5) is 71.4. The molecule has 0 unspecified atom stereocenters. The number of aromatic nitrogens is 4. The van der Waals surface area contributed by atoms with E-state index in [0.717, 1.165) is 59.1 Å². The first kappa shape index (κ1) is 40.2. The Balaban J connectivity index is 0.980. The number of ether oxygens (including phenoxy) is 4. The second-order valence-electron chi connectivity index (χ2n) is 16.2. The third kappa shape index (κ3) is 7.80. The van der Waals surface area contributed by atoms with E-state index in [2.05, 4.69) is 25.6 Å². The fourth-order valence-electron chi connectivity index (χ4n) is 8.33. The summed E-state index contributed by atoms with van der Waals surface area (Å²) in [7, 11) is 2.57. The van der Waals surface area contributed by atoms with Crippen LogP contribution in [0, 0.1) is 11.8 Å². The predicted octanol–water partition coefficient (Wildman–Crippen LogP) is 7.61. The van der Waals surface area contributed by atoms with Crippen LogP contribution in [0.5, 0.6) is 23.0 Å². The van der Waals surface area contributed by atoms with E-state index < -0.39 is 24.3 Å². The van der Waals surface area contributed by atoms with Gasteiger partial charge in [0.1, 0.15) is 23.7 Å². The van der Waals surface area contributed by atoms with Crippen molar-refractivity contribution in [3.63, 3.8) is 0 Å². The molecule has 0 radical (unpaired) electrons. The number of hydrogen-bond donors (Lipinski definition) is 4. The maximum absolute atomic E-state index is 13.7. The Labute approximate surface area is 347 Å². The summed E-state index contributed by atoms with van der Waals surface area (Å²) in [6, 6.07) is 15.6. The van der Waals surface area contributed by atoms with Crippen LogP contribution < -0.4 is 20.1 Å². The van der Waals surface area contributed by atoms with Crippen molar-refractivity contribution in [2.24, 2.45) is 11.8 Å². The number of carbonyl (C=O) groups excluding carboxylic acids is 4. The predicted molar refractivity (Wildman–Crippen MR) is 221 cm³/mol. The number of nitrogens with zero attached hydrogens (tertiary/aromatic N) is 4. The van der Waals surface area contributed by atoms with E-state index in [9.17, 15) is 19.2 Å². The number of likely N-dealkylation sites (tertiary alicyclic amines) is 2. The summed E-state index contributed by atoms with van der Waals surface area (Å²) in [6.45, 7) is 8.70. The molecular weight excluding hydrogens is 769 g/mol. The quantitative estimate of drug-likeness (QED) is 0.107. The third-order valence-corrected chi connectivity index (χ3v) is 11.6. The van der Waals surface area contributed by atoms with Gasteiger partial charge in [-0.15, -0.1) is 0 Å². The number of amides is 4. The van der Waals surface area contributed by atoms with E-state index in [0.29, 0.717) is 47.7 Å². The molecule has 2 aromatic heterocycles. The maximum Gasteiger partial charge on any atom is 0.407 e. The SMILES string of the molecule is COC(=O)N[C@H](C(=O)N1CCC[C@H]1c1ncc(-c2ccc3c(c2)Oc2cc(-c4ccc5nc([C@@H]6CCCN6C(=O)[C@@H](NC(=O)OC)C(C)C)[nH]c5c4)ccc2O3)[nH]1)C(C)C. The normalized spacial score (nSPS) is 18.1. The number of benzene rings is 3. The molecular formula is C44H50N8O8. The van der Waals surface area contributed by atoms with Crippen LogP contribution in [0.3, 0.4) is 0 Å². The number of methoxy groups -OCH3 is 2. The third-order valence-electron chi connectivity index (χ3n) is 11.6. The zero-order valence-electron chi connectivity index (χ0n) is 34.5. The van der Waals surface area contributed by atoms with Gasteiger partial charge in [-0.1, -0.05) is 39.8 Å². The highest BCUT2D eigenvalue weighted by atomic mass is 16.6. The maximum atomic E-state index is 13.7. The molecule has 0 saturated carbocycles. The Kier molecular flexibility index (Phi) is 11.1. The second-order valence-corrected chi connectivity index (χ2v) is 16.2. The lowest BCUT2D eigenvalue weighted by Crippen LogP contribution is -2.51. The average molecular weight is 819 g/mol. The van der Waals surface area contributed by atoms with Crippen molar-refractivity contribution in [2.45, 2.75) is 77.5 Å². The van der Waals surface area contributed by atoms with Crippen LogP contribution in [0.4, 0.5) is 9.59 Å². The zero-order chi connectivity index (χ0) is 42.2. The monoisotopic (exact) mass is 818 g/mol. The van der Waals surface area contributed by atoms with E-state index >= 15 is 0 Å². The number of fused-ring (bicyclic) bond motifs is 3. The van der Waals surface area contributed by atoms with Gasteiger partial charge in [0.25, 0.3) is 0 Å². The minimum absolute atomic E-state index is 0.126. The summed E-state index contributed by atoms with van der Waals surface area (Å²) in [5.41, 5.74) is 5.07. The van der Waals surface area contributed by atoms with Gasteiger partial charge in [0, 0.05) is 18.7 Å². The van der Waals surface area contributed by atoms with E-state index in [1.54, 1.807) is 16.0 Å². The van der Waals surface area contributed by atoms with Crippen LogP contribution in [0.1, 0.15) is 77.1 Å². The van der Waals surface area contributed by atoms with E-state index in [1.165, 1.54) is 14.2 Å². The molecule has 4 amide bonds. The van der Waals surface area contributed by atoms with Gasteiger partial charge in [-0.3, -0.25) is 9.59 Å². The summed E-state index contributed by atoms with van der Waals surface area (Å²) in [5, 5.41) is 5.39. The van der Waals surface area contributed by atoms with E-state index in [1.807, 2.05) is 82.3 Å². The van der Waals surface area contributed by atoms with Gasteiger partial charge >= 0.3 is 12.2 Å². The lowest BCUT2D eigenvalue weighted by molar-refractivity contribution is -0.136. The number of alkyl carbamates (subject to hydrolysis) is 2. The number of hydrogen-bond acceptors (Lipinski definition) is 10. The topological polar surface area (TPSA) is 193 Å². The van der Waals surface area contributed by atoms with Gasteiger partial charge in [0.15, 0.2) is 23.0 Å². The second kappa shape index (κ2) is 16.6. The highest BCUT2D eigenvalue weighted by molar-refractivity contribution is 5.88. The molecule has 314 valence electrons. The van der Waals surface area contributed by atoms with Crippen molar-refractivity contribution < 1.29 is 38.1 Å². The smallest absolute Gasteiger partial charge is 0.407 e. The highest BCUT2D eigenvalue weighted by Gasteiger charge is 2.39. The summed E-state index contributed by atoms with van der Waals surface area (Å²) >= 11 is 0. The van der Waals surface area contributed by atoms with Crippen molar-refractivity contribution in [1.29, 1.82) is 0 Å². The Morgan fingerprint density at radius 3 is 1.78 bits per heavy atom. The van der Waals surface area contributed by atoms with Crippen LogP contribution >= 0.6 is 0 Å².